The maximum absolute atomic E-state index is 12.2. The van der Waals surface area contributed by atoms with Gasteiger partial charge in [-0.2, -0.15) is 0 Å². The van der Waals surface area contributed by atoms with E-state index < -0.39 is 0 Å². The lowest BCUT2D eigenvalue weighted by atomic mass is 9.75. The number of ether oxygens (including phenoxy) is 2. The van der Waals surface area contributed by atoms with Gasteiger partial charge in [-0.05, 0) is 29.6 Å². The van der Waals surface area contributed by atoms with Gasteiger partial charge in [0.05, 0.1) is 12.0 Å². The second kappa shape index (κ2) is 3.25. The lowest BCUT2D eigenvalue weighted by Crippen LogP contribution is -2.34. The maximum Gasteiger partial charge on any atom is 0.312 e. The summed E-state index contributed by atoms with van der Waals surface area (Å²) >= 11 is 0. The van der Waals surface area contributed by atoms with E-state index in [-0.39, 0.29) is 17.5 Å². The summed E-state index contributed by atoms with van der Waals surface area (Å²) < 4.78 is 10.5. The minimum atomic E-state index is -0.132. The molecule has 2 aliphatic carbocycles. The van der Waals surface area contributed by atoms with Crippen LogP contribution in [0.1, 0.15) is 34.1 Å². The van der Waals surface area contributed by atoms with Crippen LogP contribution in [-0.4, -0.2) is 25.3 Å². The van der Waals surface area contributed by atoms with Crippen molar-refractivity contribution in [3.63, 3.8) is 0 Å². The molecule has 3 heteroatoms. The van der Waals surface area contributed by atoms with Crippen LogP contribution in [0.15, 0.2) is 0 Å². The molecule has 0 aromatic carbocycles. The van der Waals surface area contributed by atoms with Gasteiger partial charge >= 0.3 is 5.97 Å². The van der Waals surface area contributed by atoms with Crippen molar-refractivity contribution >= 4 is 5.97 Å². The van der Waals surface area contributed by atoms with Gasteiger partial charge in [0.1, 0.15) is 12.7 Å². The van der Waals surface area contributed by atoms with Crippen LogP contribution in [0.4, 0.5) is 0 Å². The van der Waals surface area contributed by atoms with E-state index in [2.05, 4.69) is 27.7 Å². The maximum atomic E-state index is 12.2. The molecule has 3 aliphatic rings. The molecule has 1 heterocycles. The van der Waals surface area contributed by atoms with Crippen LogP contribution in [0.2, 0.25) is 0 Å². The summed E-state index contributed by atoms with van der Waals surface area (Å²) in [7, 11) is 0. The number of carbonyl (C=O) groups is 1. The number of rotatable bonds is 5. The largest absolute Gasteiger partial charge is 0.462 e. The standard InChI is InChI=1S/C14H22O3/c1-8(2)5-14(10-11(14)13(10,3)4)12(15)17-7-9-6-16-9/h8-11H,5-7H2,1-4H3. The quantitative estimate of drug-likeness (QED) is 0.544. The highest BCUT2D eigenvalue weighted by molar-refractivity contribution is 5.85. The van der Waals surface area contributed by atoms with Crippen molar-refractivity contribution in [2.75, 3.05) is 13.2 Å². The van der Waals surface area contributed by atoms with Crippen LogP contribution in [0.5, 0.6) is 0 Å². The third-order valence-corrected chi connectivity index (χ3v) is 4.76. The van der Waals surface area contributed by atoms with E-state index in [1.807, 2.05) is 0 Å². The van der Waals surface area contributed by atoms with Gasteiger partial charge < -0.3 is 9.47 Å². The van der Waals surface area contributed by atoms with Gasteiger partial charge in [0.2, 0.25) is 0 Å². The van der Waals surface area contributed by atoms with Crippen molar-refractivity contribution in [3.05, 3.63) is 0 Å². The molecule has 0 N–H and O–H groups in total. The summed E-state index contributed by atoms with van der Waals surface area (Å²) in [5.41, 5.74) is 0.247. The molecule has 0 radical (unpaired) electrons. The van der Waals surface area contributed by atoms with Gasteiger partial charge in [0.15, 0.2) is 0 Å². The van der Waals surface area contributed by atoms with E-state index in [9.17, 15) is 4.79 Å². The Morgan fingerprint density at radius 3 is 2.41 bits per heavy atom. The number of carbonyl (C=O) groups excluding carboxylic acids is 1. The van der Waals surface area contributed by atoms with Gasteiger partial charge in [-0.3, -0.25) is 4.79 Å². The molecule has 3 nitrogen and oxygen atoms in total. The summed E-state index contributed by atoms with van der Waals surface area (Å²) in [6.07, 6.45) is 1.16. The van der Waals surface area contributed by atoms with E-state index in [1.165, 1.54) is 0 Å². The smallest absolute Gasteiger partial charge is 0.312 e. The van der Waals surface area contributed by atoms with Gasteiger partial charge in [-0.15, -0.1) is 0 Å². The predicted octanol–water partition coefficient (Wildman–Crippen LogP) is 2.25. The minimum Gasteiger partial charge on any atom is -0.462 e. The van der Waals surface area contributed by atoms with Gasteiger partial charge in [-0.25, -0.2) is 0 Å². The molecular weight excluding hydrogens is 216 g/mol. The molecule has 0 bridgehead atoms. The third kappa shape index (κ3) is 1.55. The van der Waals surface area contributed by atoms with Crippen LogP contribution in [0, 0.1) is 28.6 Å². The molecule has 96 valence electrons. The Morgan fingerprint density at radius 1 is 1.41 bits per heavy atom. The van der Waals surface area contributed by atoms with Crippen LogP contribution in [0.3, 0.4) is 0 Å². The normalized spacial score (nSPS) is 44.2. The molecule has 17 heavy (non-hydrogen) atoms. The first kappa shape index (κ1) is 11.5. The Kier molecular flexibility index (Phi) is 2.20. The van der Waals surface area contributed by atoms with Gasteiger partial charge in [-0.1, -0.05) is 27.7 Å². The first-order valence-electron chi connectivity index (χ1n) is 6.69. The zero-order valence-corrected chi connectivity index (χ0v) is 11.2. The Balaban J connectivity index is 1.62. The molecule has 2 saturated carbocycles. The van der Waals surface area contributed by atoms with E-state index >= 15 is 0 Å². The van der Waals surface area contributed by atoms with Gasteiger partial charge in [0.25, 0.3) is 0 Å². The molecule has 1 aliphatic heterocycles. The van der Waals surface area contributed by atoms with Crippen molar-refractivity contribution in [3.8, 4) is 0 Å². The molecule has 3 rings (SSSR count). The molecule has 3 fully saturated rings. The number of fused-ring (bicyclic) bond motifs is 1. The highest BCUT2D eigenvalue weighted by Gasteiger charge is 2.91. The van der Waals surface area contributed by atoms with Crippen molar-refractivity contribution in [1.82, 2.24) is 0 Å². The fraction of sp³-hybridized carbons (Fsp3) is 0.929. The summed E-state index contributed by atoms with van der Waals surface area (Å²) in [5, 5.41) is 0. The zero-order valence-electron chi connectivity index (χ0n) is 11.2. The number of hydrogen-bond donors (Lipinski definition) is 0. The molecule has 0 aromatic heterocycles. The van der Waals surface area contributed by atoms with Crippen LogP contribution in [0.25, 0.3) is 0 Å². The Hall–Kier alpha value is -0.570. The van der Waals surface area contributed by atoms with Crippen LogP contribution >= 0.6 is 0 Å². The number of epoxide rings is 1. The molecule has 3 unspecified atom stereocenters. The average molecular weight is 238 g/mol. The van der Waals surface area contributed by atoms with Crippen LogP contribution in [-0.2, 0) is 14.3 Å². The van der Waals surface area contributed by atoms with E-state index in [0.717, 1.165) is 13.0 Å². The monoisotopic (exact) mass is 238 g/mol. The fourth-order valence-electron chi connectivity index (χ4n) is 4.04. The summed E-state index contributed by atoms with van der Waals surface area (Å²) in [6, 6.07) is 0. The number of esters is 1. The fourth-order valence-corrected chi connectivity index (χ4v) is 4.04. The van der Waals surface area contributed by atoms with Crippen molar-refractivity contribution in [1.29, 1.82) is 0 Å². The van der Waals surface area contributed by atoms with Crippen LogP contribution < -0.4 is 0 Å². The Morgan fingerprint density at radius 2 is 2.00 bits per heavy atom. The molecule has 0 amide bonds. The number of hydrogen-bond acceptors (Lipinski definition) is 3. The van der Waals surface area contributed by atoms with Gasteiger partial charge in [0, 0.05) is 0 Å². The highest BCUT2D eigenvalue weighted by Crippen LogP contribution is 2.90. The molecular formula is C14H22O3. The summed E-state index contributed by atoms with van der Waals surface area (Å²) in [4.78, 5) is 12.2. The average Bonchev–Trinajstić information content (AvgIpc) is 3.07. The first-order chi connectivity index (χ1) is 7.90. The third-order valence-electron chi connectivity index (χ3n) is 4.76. The Labute approximate surface area is 103 Å². The second-order valence-corrected chi connectivity index (χ2v) is 6.97. The molecule has 1 saturated heterocycles. The lowest BCUT2D eigenvalue weighted by Gasteiger charge is -2.30. The predicted molar refractivity (Wildman–Crippen MR) is 63.3 cm³/mol. The first-order valence-corrected chi connectivity index (χ1v) is 6.69. The Bertz CT molecular complexity index is 342. The lowest BCUT2D eigenvalue weighted by molar-refractivity contribution is -0.156. The summed E-state index contributed by atoms with van der Waals surface area (Å²) in [5.74, 6) is 1.74. The SMILES string of the molecule is CC(C)CC1(C(=O)OCC2CO2)C2C1C2(C)C. The second-order valence-electron chi connectivity index (χ2n) is 6.97. The van der Waals surface area contributed by atoms with Crippen molar-refractivity contribution < 1.29 is 14.3 Å². The molecule has 0 spiro atoms. The van der Waals surface area contributed by atoms with E-state index in [4.69, 9.17) is 9.47 Å². The minimum absolute atomic E-state index is 0.0380. The van der Waals surface area contributed by atoms with E-state index in [0.29, 0.717) is 29.8 Å². The molecule has 0 aromatic rings. The van der Waals surface area contributed by atoms with E-state index in [1.54, 1.807) is 0 Å². The zero-order chi connectivity index (χ0) is 12.4. The summed E-state index contributed by atoms with van der Waals surface area (Å²) in [6.45, 7) is 10.1. The van der Waals surface area contributed by atoms with Crippen molar-refractivity contribution in [2.24, 2.45) is 28.6 Å². The highest BCUT2D eigenvalue weighted by atomic mass is 16.6. The topological polar surface area (TPSA) is 38.8 Å². The van der Waals surface area contributed by atoms with Crippen molar-refractivity contribution in [2.45, 2.75) is 40.2 Å². The molecule has 3 atom stereocenters.